The molecule has 1 N–H and O–H groups in total. The van der Waals surface area contributed by atoms with Crippen LogP contribution in [0.2, 0.25) is 0 Å². The normalized spacial score (nSPS) is 32.5. The van der Waals surface area contributed by atoms with Gasteiger partial charge in [-0.05, 0) is 43.4 Å². The number of ether oxygens (including phenoxy) is 1. The summed E-state index contributed by atoms with van der Waals surface area (Å²) in [6.07, 6.45) is 6.85. The quantitative estimate of drug-likeness (QED) is 0.812. The topological polar surface area (TPSA) is 41.6 Å². The Morgan fingerprint density at radius 1 is 1.07 bits per heavy atom. The second kappa shape index (κ2) is 8.07. The van der Waals surface area contributed by atoms with Gasteiger partial charge in [-0.3, -0.25) is 4.79 Å². The highest BCUT2D eigenvalue weighted by molar-refractivity contribution is 5.79. The highest BCUT2D eigenvalue weighted by Crippen LogP contribution is 2.52. The molecule has 2 bridgehead atoms. The first kappa shape index (κ1) is 19.6. The second-order valence-corrected chi connectivity index (χ2v) is 9.50. The lowest BCUT2D eigenvalue weighted by molar-refractivity contribution is -0.137. The van der Waals surface area contributed by atoms with Crippen molar-refractivity contribution >= 4 is 5.91 Å². The molecule has 0 spiro atoms. The predicted octanol–water partition coefficient (Wildman–Crippen LogP) is 4.20. The van der Waals surface area contributed by atoms with E-state index in [0.29, 0.717) is 18.1 Å². The lowest BCUT2D eigenvalue weighted by atomic mass is 9.70. The van der Waals surface area contributed by atoms with E-state index in [1.807, 2.05) is 30.3 Å². The van der Waals surface area contributed by atoms with E-state index in [-0.39, 0.29) is 24.0 Å². The van der Waals surface area contributed by atoms with Gasteiger partial charge in [0.15, 0.2) is 6.61 Å². The molecule has 0 unspecified atom stereocenters. The SMILES string of the molecule is C[C@@]12C[C@H]3[C@H](Cc4ccccc4)N[C@@H]1CCCC[C@@H]2N3C(=O)COc1ccccc1. The van der Waals surface area contributed by atoms with Crippen molar-refractivity contribution in [2.75, 3.05) is 6.61 Å². The van der Waals surface area contributed by atoms with Gasteiger partial charge in [0.25, 0.3) is 5.91 Å². The average Bonchev–Trinajstić information content (AvgIpc) is 2.92. The maximum Gasteiger partial charge on any atom is 0.261 e. The summed E-state index contributed by atoms with van der Waals surface area (Å²) in [7, 11) is 0. The minimum atomic E-state index is 0.121. The van der Waals surface area contributed by atoms with Crippen molar-refractivity contribution in [3.05, 3.63) is 66.2 Å². The molecule has 3 aliphatic rings. The van der Waals surface area contributed by atoms with Crippen molar-refractivity contribution in [2.45, 2.75) is 69.6 Å². The van der Waals surface area contributed by atoms with Crippen LogP contribution in [0.5, 0.6) is 5.75 Å². The third-order valence-corrected chi connectivity index (χ3v) is 7.69. The van der Waals surface area contributed by atoms with Crippen LogP contribution in [-0.4, -0.2) is 41.6 Å². The van der Waals surface area contributed by atoms with Crippen molar-refractivity contribution in [1.82, 2.24) is 10.2 Å². The Kier molecular flexibility index (Phi) is 5.28. The van der Waals surface area contributed by atoms with E-state index in [1.54, 1.807) is 0 Å². The van der Waals surface area contributed by atoms with Gasteiger partial charge in [-0.1, -0.05) is 68.3 Å². The summed E-state index contributed by atoms with van der Waals surface area (Å²) in [5, 5.41) is 4.00. The fourth-order valence-electron chi connectivity index (χ4n) is 6.23. The number of hydrogen-bond acceptors (Lipinski definition) is 3. The molecule has 1 saturated carbocycles. The molecule has 4 heteroatoms. The van der Waals surface area contributed by atoms with E-state index in [9.17, 15) is 4.79 Å². The molecule has 1 amide bonds. The Morgan fingerprint density at radius 2 is 1.77 bits per heavy atom. The number of carbonyl (C=O) groups excluding carboxylic acids is 1. The Morgan fingerprint density at radius 3 is 2.53 bits per heavy atom. The van der Waals surface area contributed by atoms with Gasteiger partial charge in [0, 0.05) is 29.6 Å². The van der Waals surface area contributed by atoms with E-state index in [2.05, 4.69) is 47.5 Å². The van der Waals surface area contributed by atoms with Gasteiger partial charge < -0.3 is 15.0 Å². The molecule has 2 saturated heterocycles. The first-order valence-corrected chi connectivity index (χ1v) is 11.4. The number of hydrogen-bond donors (Lipinski definition) is 1. The minimum absolute atomic E-state index is 0.121. The number of piperidine rings is 1. The zero-order valence-electron chi connectivity index (χ0n) is 17.8. The van der Waals surface area contributed by atoms with E-state index < -0.39 is 0 Å². The molecule has 0 aromatic heterocycles. The van der Waals surface area contributed by atoms with Crippen molar-refractivity contribution < 1.29 is 9.53 Å². The second-order valence-electron chi connectivity index (χ2n) is 9.50. The van der Waals surface area contributed by atoms with Crippen LogP contribution in [0.15, 0.2) is 60.7 Å². The van der Waals surface area contributed by atoms with Crippen molar-refractivity contribution in [2.24, 2.45) is 5.41 Å². The van der Waals surface area contributed by atoms with Crippen molar-refractivity contribution in [1.29, 1.82) is 0 Å². The number of amides is 1. The van der Waals surface area contributed by atoms with Crippen LogP contribution in [0.3, 0.4) is 0 Å². The number of carbonyl (C=O) groups is 1. The summed E-state index contributed by atoms with van der Waals surface area (Å²) >= 11 is 0. The molecule has 3 fully saturated rings. The van der Waals surface area contributed by atoms with Crippen LogP contribution in [0.1, 0.15) is 44.6 Å². The fourth-order valence-corrected chi connectivity index (χ4v) is 6.23. The smallest absolute Gasteiger partial charge is 0.261 e. The molecule has 5 atom stereocenters. The summed E-state index contributed by atoms with van der Waals surface area (Å²) in [6.45, 7) is 2.54. The minimum Gasteiger partial charge on any atom is -0.484 e. The predicted molar refractivity (Wildman–Crippen MR) is 118 cm³/mol. The van der Waals surface area contributed by atoms with Crippen LogP contribution in [-0.2, 0) is 11.2 Å². The Bertz CT molecular complexity index is 871. The molecule has 2 aliphatic heterocycles. The van der Waals surface area contributed by atoms with Crippen LogP contribution in [0.25, 0.3) is 0 Å². The zero-order valence-corrected chi connectivity index (χ0v) is 17.8. The first-order valence-electron chi connectivity index (χ1n) is 11.4. The summed E-state index contributed by atoms with van der Waals surface area (Å²) in [5.41, 5.74) is 1.50. The largest absolute Gasteiger partial charge is 0.484 e. The molecule has 5 rings (SSSR count). The average molecular weight is 405 g/mol. The molecule has 0 radical (unpaired) electrons. The van der Waals surface area contributed by atoms with Gasteiger partial charge in [0.1, 0.15) is 5.75 Å². The van der Waals surface area contributed by atoms with Crippen molar-refractivity contribution in [3.8, 4) is 5.75 Å². The van der Waals surface area contributed by atoms with Crippen LogP contribution >= 0.6 is 0 Å². The Hall–Kier alpha value is -2.33. The lowest BCUT2D eigenvalue weighted by Gasteiger charge is -2.43. The molecule has 158 valence electrons. The number of likely N-dealkylation sites (tertiary alicyclic amines) is 1. The number of benzene rings is 2. The molecule has 2 aromatic rings. The number of para-hydroxylation sites is 1. The van der Waals surface area contributed by atoms with Crippen LogP contribution in [0.4, 0.5) is 0 Å². The molecule has 1 aliphatic carbocycles. The highest BCUT2D eigenvalue weighted by atomic mass is 16.5. The summed E-state index contributed by atoms with van der Waals surface area (Å²) in [5.74, 6) is 0.900. The third kappa shape index (κ3) is 3.51. The lowest BCUT2D eigenvalue weighted by Crippen LogP contribution is -2.57. The molecular weight excluding hydrogens is 372 g/mol. The van der Waals surface area contributed by atoms with Gasteiger partial charge in [0.2, 0.25) is 0 Å². The maximum absolute atomic E-state index is 13.5. The summed E-state index contributed by atoms with van der Waals surface area (Å²) < 4.78 is 5.87. The van der Waals surface area contributed by atoms with Crippen molar-refractivity contribution in [3.63, 3.8) is 0 Å². The number of rotatable bonds is 5. The van der Waals surface area contributed by atoms with Crippen LogP contribution in [0, 0.1) is 5.41 Å². The summed E-state index contributed by atoms with van der Waals surface area (Å²) in [6, 6.07) is 21.7. The van der Waals surface area contributed by atoms with Gasteiger partial charge in [0.05, 0.1) is 0 Å². The fraction of sp³-hybridized carbons (Fsp3) is 0.500. The van der Waals surface area contributed by atoms with Gasteiger partial charge in [-0.15, -0.1) is 0 Å². The number of nitrogens with one attached hydrogen (secondary N) is 1. The van der Waals surface area contributed by atoms with Gasteiger partial charge >= 0.3 is 0 Å². The number of fused-ring (bicyclic) bond motifs is 1. The monoisotopic (exact) mass is 404 g/mol. The van der Waals surface area contributed by atoms with E-state index in [4.69, 9.17) is 4.74 Å². The molecular formula is C26H32N2O2. The van der Waals surface area contributed by atoms with E-state index in [1.165, 1.54) is 24.8 Å². The highest BCUT2D eigenvalue weighted by Gasteiger charge is 2.60. The molecule has 30 heavy (non-hydrogen) atoms. The summed E-state index contributed by atoms with van der Waals surface area (Å²) in [4.78, 5) is 15.7. The Labute approximate surface area is 179 Å². The number of nitrogens with zero attached hydrogens (tertiary/aromatic N) is 1. The van der Waals surface area contributed by atoms with E-state index in [0.717, 1.165) is 25.0 Å². The van der Waals surface area contributed by atoms with E-state index >= 15 is 0 Å². The molecule has 4 nitrogen and oxygen atoms in total. The third-order valence-electron chi connectivity index (χ3n) is 7.69. The Balaban J connectivity index is 1.40. The standard InChI is InChI=1S/C26H32N2O2/c1-26-17-22-21(16-19-10-4-2-5-11-19)27-23(26)14-8-9-15-24(26)28(22)25(29)18-30-20-12-6-3-7-13-20/h2-7,10-13,21-24,27H,8-9,14-18H2,1H3/t21-,22-,23+,24-,26+/m0/s1. The molecule has 2 aromatic carbocycles. The first-order chi connectivity index (χ1) is 14.6. The zero-order chi connectivity index (χ0) is 20.6. The van der Waals surface area contributed by atoms with Gasteiger partial charge in [-0.25, -0.2) is 0 Å². The molecule has 2 heterocycles. The van der Waals surface area contributed by atoms with Crippen LogP contribution < -0.4 is 10.1 Å². The maximum atomic E-state index is 13.5. The van der Waals surface area contributed by atoms with Gasteiger partial charge in [-0.2, -0.15) is 0 Å².